The van der Waals surface area contributed by atoms with Crippen molar-refractivity contribution in [3.63, 3.8) is 0 Å². The number of hydrogen-bond donors (Lipinski definition) is 1. The maximum Gasteiger partial charge on any atom is 0.251 e. The number of carbonyl (C=O) groups is 1. The molecule has 2 aromatic rings. The fourth-order valence-electron chi connectivity index (χ4n) is 2.87. The molecule has 0 bridgehead atoms. The predicted molar refractivity (Wildman–Crippen MR) is 94.2 cm³/mol. The lowest BCUT2D eigenvalue weighted by Crippen LogP contribution is -2.32. The molecule has 0 aromatic heterocycles. The highest BCUT2D eigenvalue weighted by Gasteiger charge is 2.44. The molecule has 0 heterocycles. The first-order valence-electron chi connectivity index (χ1n) is 7.84. The van der Waals surface area contributed by atoms with Crippen LogP contribution in [0, 0.1) is 0 Å². The van der Waals surface area contributed by atoms with Gasteiger partial charge in [-0.2, -0.15) is 0 Å². The van der Waals surface area contributed by atoms with Gasteiger partial charge >= 0.3 is 0 Å². The number of methoxy groups -OCH3 is 2. The number of hydrogen-bond acceptors (Lipinski definition) is 3. The van der Waals surface area contributed by atoms with Crippen LogP contribution in [0.1, 0.15) is 28.8 Å². The van der Waals surface area contributed by atoms with E-state index in [1.165, 1.54) is 0 Å². The number of carbonyl (C=O) groups excluding carboxylic acids is 1. The molecule has 1 saturated carbocycles. The molecule has 0 saturated heterocycles. The third-order valence-corrected chi connectivity index (χ3v) is 4.76. The lowest BCUT2D eigenvalue weighted by atomic mass is 9.95. The summed E-state index contributed by atoms with van der Waals surface area (Å²) in [6.07, 6.45) is 2.08. The molecule has 0 unspecified atom stereocenters. The van der Waals surface area contributed by atoms with Gasteiger partial charge in [-0.05, 0) is 48.7 Å². The Morgan fingerprint density at radius 3 is 2.50 bits per heavy atom. The van der Waals surface area contributed by atoms with E-state index in [1.54, 1.807) is 38.5 Å². The first kappa shape index (κ1) is 16.7. The van der Waals surface area contributed by atoms with Gasteiger partial charge in [0.2, 0.25) is 0 Å². The zero-order chi connectivity index (χ0) is 17.2. The second-order valence-electron chi connectivity index (χ2n) is 6.04. The van der Waals surface area contributed by atoms with E-state index >= 15 is 0 Å². The summed E-state index contributed by atoms with van der Waals surface area (Å²) in [5.41, 5.74) is 1.71. The van der Waals surface area contributed by atoms with Gasteiger partial charge in [0, 0.05) is 22.5 Å². The van der Waals surface area contributed by atoms with Crippen LogP contribution in [0.15, 0.2) is 42.5 Å². The minimum Gasteiger partial charge on any atom is -0.493 e. The average Bonchev–Trinajstić information content (AvgIpc) is 3.40. The minimum absolute atomic E-state index is 0.0201. The van der Waals surface area contributed by atoms with Gasteiger partial charge in [-0.3, -0.25) is 4.79 Å². The molecule has 1 fully saturated rings. The highest BCUT2D eigenvalue weighted by atomic mass is 35.5. The molecule has 0 radical (unpaired) electrons. The minimum atomic E-state index is -0.107. The van der Waals surface area contributed by atoms with Crippen LogP contribution in [0.2, 0.25) is 5.02 Å². The van der Waals surface area contributed by atoms with Crippen molar-refractivity contribution in [2.75, 3.05) is 20.8 Å². The molecule has 0 spiro atoms. The summed E-state index contributed by atoms with van der Waals surface area (Å²) in [5.74, 6) is 1.31. The van der Waals surface area contributed by atoms with E-state index in [-0.39, 0.29) is 11.3 Å². The number of nitrogens with one attached hydrogen (secondary N) is 1. The van der Waals surface area contributed by atoms with Crippen molar-refractivity contribution in [2.45, 2.75) is 18.3 Å². The molecule has 1 N–H and O–H groups in total. The van der Waals surface area contributed by atoms with E-state index < -0.39 is 0 Å². The zero-order valence-corrected chi connectivity index (χ0v) is 14.5. The lowest BCUT2D eigenvalue weighted by Gasteiger charge is -2.18. The lowest BCUT2D eigenvalue weighted by molar-refractivity contribution is 0.0949. The van der Waals surface area contributed by atoms with Gasteiger partial charge in [0.05, 0.1) is 14.2 Å². The number of benzene rings is 2. The first-order valence-corrected chi connectivity index (χ1v) is 8.22. The van der Waals surface area contributed by atoms with Crippen LogP contribution in [-0.4, -0.2) is 26.7 Å². The van der Waals surface area contributed by atoms with Crippen molar-refractivity contribution in [1.82, 2.24) is 5.32 Å². The van der Waals surface area contributed by atoms with E-state index in [2.05, 4.69) is 5.32 Å². The second-order valence-corrected chi connectivity index (χ2v) is 6.48. The van der Waals surface area contributed by atoms with Gasteiger partial charge < -0.3 is 14.8 Å². The normalized spacial score (nSPS) is 14.8. The van der Waals surface area contributed by atoms with Gasteiger partial charge in [0.25, 0.3) is 5.91 Å². The maximum atomic E-state index is 12.3. The SMILES string of the molecule is COc1ccc(C2(CNC(=O)c3cccc(Cl)c3)CC2)cc1OC. The summed E-state index contributed by atoms with van der Waals surface area (Å²) in [6, 6.07) is 12.9. The highest BCUT2D eigenvalue weighted by Crippen LogP contribution is 2.49. The molecule has 1 amide bonds. The standard InChI is InChI=1S/C19H20ClNO3/c1-23-16-7-6-14(11-17(16)24-2)19(8-9-19)12-21-18(22)13-4-3-5-15(20)10-13/h3-7,10-11H,8-9,12H2,1-2H3,(H,21,22). The monoisotopic (exact) mass is 345 g/mol. The molecule has 1 aliphatic rings. The summed E-state index contributed by atoms with van der Waals surface area (Å²) in [7, 11) is 3.25. The second kappa shape index (κ2) is 6.73. The Balaban J connectivity index is 1.72. The molecular weight excluding hydrogens is 326 g/mol. The molecule has 1 aliphatic carbocycles. The molecular formula is C19H20ClNO3. The Bertz CT molecular complexity index is 756. The van der Waals surface area contributed by atoms with Crippen LogP contribution < -0.4 is 14.8 Å². The van der Waals surface area contributed by atoms with E-state index in [4.69, 9.17) is 21.1 Å². The summed E-state index contributed by atoms with van der Waals surface area (Å²) in [6.45, 7) is 0.591. The van der Waals surface area contributed by atoms with E-state index in [0.29, 0.717) is 28.6 Å². The molecule has 0 aliphatic heterocycles. The summed E-state index contributed by atoms with van der Waals surface area (Å²) in [5, 5.41) is 3.58. The van der Waals surface area contributed by atoms with E-state index in [1.807, 2.05) is 18.2 Å². The Morgan fingerprint density at radius 1 is 1.12 bits per heavy atom. The van der Waals surface area contributed by atoms with Crippen molar-refractivity contribution in [2.24, 2.45) is 0 Å². The zero-order valence-electron chi connectivity index (χ0n) is 13.8. The van der Waals surface area contributed by atoms with Crippen molar-refractivity contribution in [3.05, 3.63) is 58.6 Å². The number of halogens is 1. The smallest absolute Gasteiger partial charge is 0.251 e. The molecule has 24 heavy (non-hydrogen) atoms. The summed E-state index contributed by atoms with van der Waals surface area (Å²) >= 11 is 5.94. The average molecular weight is 346 g/mol. The number of amides is 1. The Hall–Kier alpha value is -2.20. The van der Waals surface area contributed by atoms with Gasteiger partial charge in [0.15, 0.2) is 11.5 Å². The van der Waals surface area contributed by atoms with E-state index in [9.17, 15) is 4.79 Å². The largest absolute Gasteiger partial charge is 0.493 e. The topological polar surface area (TPSA) is 47.6 Å². The Kier molecular flexibility index (Phi) is 4.67. The number of ether oxygens (including phenoxy) is 2. The van der Waals surface area contributed by atoms with Crippen LogP contribution in [0.25, 0.3) is 0 Å². The highest BCUT2D eigenvalue weighted by molar-refractivity contribution is 6.30. The molecule has 5 heteroatoms. The fraction of sp³-hybridized carbons (Fsp3) is 0.316. The third-order valence-electron chi connectivity index (χ3n) is 4.52. The molecule has 4 nitrogen and oxygen atoms in total. The van der Waals surface area contributed by atoms with Crippen molar-refractivity contribution >= 4 is 17.5 Å². The maximum absolute atomic E-state index is 12.3. The predicted octanol–water partition coefficient (Wildman–Crippen LogP) is 3.82. The third kappa shape index (κ3) is 3.34. The van der Waals surface area contributed by atoms with Crippen LogP contribution in [0.5, 0.6) is 11.5 Å². The van der Waals surface area contributed by atoms with Crippen LogP contribution in [-0.2, 0) is 5.41 Å². The van der Waals surface area contributed by atoms with Crippen molar-refractivity contribution < 1.29 is 14.3 Å². The van der Waals surface area contributed by atoms with Crippen molar-refractivity contribution in [1.29, 1.82) is 0 Å². The Morgan fingerprint density at radius 2 is 1.88 bits per heavy atom. The number of rotatable bonds is 6. The van der Waals surface area contributed by atoms with Crippen LogP contribution in [0.4, 0.5) is 0 Å². The Labute approximate surface area is 146 Å². The van der Waals surface area contributed by atoms with Crippen LogP contribution in [0.3, 0.4) is 0 Å². The van der Waals surface area contributed by atoms with Gasteiger partial charge in [-0.1, -0.05) is 23.7 Å². The fourth-order valence-corrected chi connectivity index (χ4v) is 3.06. The summed E-state index contributed by atoms with van der Waals surface area (Å²) in [4.78, 5) is 12.3. The molecule has 2 aromatic carbocycles. The summed E-state index contributed by atoms with van der Waals surface area (Å²) < 4.78 is 10.7. The molecule has 126 valence electrons. The first-order chi connectivity index (χ1) is 11.6. The quantitative estimate of drug-likeness (QED) is 0.865. The van der Waals surface area contributed by atoms with Crippen molar-refractivity contribution in [3.8, 4) is 11.5 Å². The van der Waals surface area contributed by atoms with Gasteiger partial charge in [-0.15, -0.1) is 0 Å². The van der Waals surface area contributed by atoms with Crippen LogP contribution >= 0.6 is 11.6 Å². The molecule has 3 rings (SSSR count). The van der Waals surface area contributed by atoms with E-state index in [0.717, 1.165) is 18.4 Å². The van der Waals surface area contributed by atoms with Gasteiger partial charge in [-0.25, -0.2) is 0 Å². The molecule has 0 atom stereocenters. The van der Waals surface area contributed by atoms with Gasteiger partial charge in [0.1, 0.15) is 0 Å².